The molecular formula is C16H15N3O2S. The summed E-state index contributed by atoms with van der Waals surface area (Å²) in [6.45, 7) is 1.91. The van der Waals surface area contributed by atoms with E-state index in [0.717, 1.165) is 21.5 Å². The molecule has 0 aliphatic rings. The predicted octanol–water partition coefficient (Wildman–Crippen LogP) is 3.20. The maximum Gasteiger partial charge on any atom is 0.262 e. The Kier molecular flexibility index (Phi) is 3.93. The lowest BCUT2D eigenvalue weighted by molar-refractivity contribution is -0.118. The minimum absolute atomic E-state index is 0.0358. The number of anilines is 2. The van der Waals surface area contributed by atoms with Crippen LogP contribution < -0.4 is 15.8 Å². The van der Waals surface area contributed by atoms with E-state index in [1.165, 1.54) is 11.3 Å². The van der Waals surface area contributed by atoms with Crippen LogP contribution in [0.15, 0.2) is 42.5 Å². The number of nitrogens with one attached hydrogen (secondary N) is 1. The second kappa shape index (κ2) is 6.03. The van der Waals surface area contributed by atoms with Gasteiger partial charge in [0.05, 0.1) is 10.2 Å². The number of ether oxygens (including phenoxy) is 1. The fourth-order valence-electron chi connectivity index (χ4n) is 2.15. The number of nitrogens with two attached hydrogens (primary N) is 1. The summed E-state index contributed by atoms with van der Waals surface area (Å²) in [6, 6.07) is 13.0. The number of para-hydroxylation sites is 1. The molecule has 22 heavy (non-hydrogen) atoms. The molecule has 0 saturated carbocycles. The molecule has 0 spiro atoms. The number of hydrogen-bond donors (Lipinski definition) is 2. The van der Waals surface area contributed by atoms with E-state index < -0.39 is 0 Å². The smallest absolute Gasteiger partial charge is 0.262 e. The molecule has 0 aliphatic heterocycles. The molecule has 0 unspecified atom stereocenters. The standard InChI is InChI=1S/C16H15N3O2S/c1-10-7-11(8-13-15(10)19-16(17)22-13)18-14(20)9-21-12-5-3-2-4-6-12/h2-8H,9H2,1H3,(H2,17,19)(H,18,20). The minimum Gasteiger partial charge on any atom is -0.484 e. The lowest BCUT2D eigenvalue weighted by Gasteiger charge is -2.08. The molecule has 1 aromatic heterocycles. The topological polar surface area (TPSA) is 77.2 Å². The zero-order chi connectivity index (χ0) is 15.5. The normalized spacial score (nSPS) is 10.6. The van der Waals surface area contributed by atoms with Crippen molar-refractivity contribution in [1.82, 2.24) is 4.98 Å². The Morgan fingerprint density at radius 2 is 2.09 bits per heavy atom. The first kappa shape index (κ1) is 14.3. The van der Waals surface area contributed by atoms with Gasteiger partial charge in [0, 0.05) is 5.69 Å². The number of fused-ring (bicyclic) bond motifs is 1. The average Bonchev–Trinajstić information content (AvgIpc) is 2.87. The van der Waals surface area contributed by atoms with E-state index in [2.05, 4.69) is 10.3 Å². The summed E-state index contributed by atoms with van der Waals surface area (Å²) in [5.41, 5.74) is 8.29. The lowest BCUT2D eigenvalue weighted by Crippen LogP contribution is -2.20. The van der Waals surface area contributed by atoms with Crippen molar-refractivity contribution in [3.8, 4) is 5.75 Å². The zero-order valence-electron chi connectivity index (χ0n) is 12.0. The van der Waals surface area contributed by atoms with Crippen LogP contribution in [0.4, 0.5) is 10.8 Å². The number of thiazole rings is 1. The number of amides is 1. The zero-order valence-corrected chi connectivity index (χ0v) is 12.8. The van der Waals surface area contributed by atoms with E-state index in [9.17, 15) is 4.79 Å². The van der Waals surface area contributed by atoms with Crippen LogP contribution in [-0.2, 0) is 4.79 Å². The van der Waals surface area contributed by atoms with Gasteiger partial charge in [0.1, 0.15) is 5.75 Å². The van der Waals surface area contributed by atoms with Crippen LogP contribution in [-0.4, -0.2) is 17.5 Å². The number of aryl methyl sites for hydroxylation is 1. The van der Waals surface area contributed by atoms with E-state index in [1.54, 1.807) is 0 Å². The van der Waals surface area contributed by atoms with Gasteiger partial charge in [-0.05, 0) is 36.8 Å². The molecule has 3 N–H and O–H groups in total. The number of nitrogens with zero attached hydrogens (tertiary/aromatic N) is 1. The molecule has 0 radical (unpaired) electrons. The number of carbonyl (C=O) groups excluding carboxylic acids is 1. The minimum atomic E-state index is -0.208. The number of benzene rings is 2. The second-order valence-electron chi connectivity index (χ2n) is 4.84. The van der Waals surface area contributed by atoms with Crippen molar-refractivity contribution in [2.75, 3.05) is 17.7 Å². The van der Waals surface area contributed by atoms with Crippen LogP contribution in [0, 0.1) is 6.92 Å². The third kappa shape index (κ3) is 3.17. The maximum absolute atomic E-state index is 12.0. The summed E-state index contributed by atoms with van der Waals surface area (Å²) in [6.07, 6.45) is 0. The quantitative estimate of drug-likeness (QED) is 0.775. The van der Waals surface area contributed by atoms with Crippen molar-refractivity contribution in [2.45, 2.75) is 6.92 Å². The van der Waals surface area contributed by atoms with Crippen molar-refractivity contribution in [1.29, 1.82) is 0 Å². The molecule has 112 valence electrons. The molecule has 3 aromatic rings. The summed E-state index contributed by atoms with van der Waals surface area (Å²) in [5.74, 6) is 0.458. The highest BCUT2D eigenvalue weighted by Gasteiger charge is 2.09. The van der Waals surface area contributed by atoms with Crippen molar-refractivity contribution >= 4 is 38.3 Å². The lowest BCUT2D eigenvalue weighted by atomic mass is 10.2. The van der Waals surface area contributed by atoms with E-state index in [0.29, 0.717) is 10.9 Å². The molecule has 1 heterocycles. The van der Waals surface area contributed by atoms with Crippen molar-refractivity contribution in [2.24, 2.45) is 0 Å². The Morgan fingerprint density at radius 1 is 1.32 bits per heavy atom. The number of rotatable bonds is 4. The molecule has 0 saturated heterocycles. The van der Waals surface area contributed by atoms with E-state index in [-0.39, 0.29) is 12.5 Å². The first-order chi connectivity index (χ1) is 10.6. The van der Waals surface area contributed by atoms with Gasteiger partial charge >= 0.3 is 0 Å². The highest BCUT2D eigenvalue weighted by molar-refractivity contribution is 7.22. The highest BCUT2D eigenvalue weighted by Crippen LogP contribution is 2.29. The van der Waals surface area contributed by atoms with Crippen LogP contribution >= 0.6 is 11.3 Å². The molecule has 0 atom stereocenters. The fourth-order valence-corrected chi connectivity index (χ4v) is 3.00. The molecule has 0 fully saturated rings. The van der Waals surface area contributed by atoms with Crippen LogP contribution in [0.3, 0.4) is 0 Å². The molecule has 1 amide bonds. The molecule has 2 aromatic carbocycles. The summed E-state index contributed by atoms with van der Waals surface area (Å²) in [5, 5.41) is 3.35. The van der Waals surface area contributed by atoms with Crippen LogP contribution in [0.5, 0.6) is 5.75 Å². The number of carbonyl (C=O) groups is 1. The van der Waals surface area contributed by atoms with Crippen molar-refractivity contribution in [3.05, 3.63) is 48.0 Å². The number of nitrogen functional groups attached to an aromatic ring is 1. The highest BCUT2D eigenvalue weighted by atomic mass is 32.1. The first-order valence-electron chi connectivity index (χ1n) is 6.76. The van der Waals surface area contributed by atoms with Gasteiger partial charge in [-0.1, -0.05) is 29.5 Å². The molecular weight excluding hydrogens is 298 g/mol. The summed E-state index contributed by atoms with van der Waals surface area (Å²) in [4.78, 5) is 16.2. The molecule has 0 aliphatic carbocycles. The van der Waals surface area contributed by atoms with Gasteiger partial charge in [-0.25, -0.2) is 4.98 Å². The third-order valence-electron chi connectivity index (χ3n) is 3.10. The Labute approximate surface area is 131 Å². The van der Waals surface area contributed by atoms with Gasteiger partial charge in [-0.2, -0.15) is 0 Å². The van der Waals surface area contributed by atoms with Gasteiger partial charge in [0.2, 0.25) is 0 Å². The third-order valence-corrected chi connectivity index (χ3v) is 3.93. The van der Waals surface area contributed by atoms with Gasteiger partial charge in [0.25, 0.3) is 5.91 Å². The fraction of sp³-hybridized carbons (Fsp3) is 0.125. The number of aromatic nitrogens is 1. The largest absolute Gasteiger partial charge is 0.484 e. The Hall–Kier alpha value is -2.60. The summed E-state index contributed by atoms with van der Waals surface area (Å²) >= 11 is 1.40. The van der Waals surface area contributed by atoms with Gasteiger partial charge < -0.3 is 15.8 Å². The van der Waals surface area contributed by atoms with E-state index in [1.807, 2.05) is 49.4 Å². The van der Waals surface area contributed by atoms with E-state index in [4.69, 9.17) is 10.5 Å². The Morgan fingerprint density at radius 3 is 2.86 bits per heavy atom. The molecule has 0 bridgehead atoms. The second-order valence-corrected chi connectivity index (χ2v) is 5.90. The maximum atomic E-state index is 12.0. The number of hydrogen-bond acceptors (Lipinski definition) is 5. The summed E-state index contributed by atoms with van der Waals surface area (Å²) in [7, 11) is 0. The van der Waals surface area contributed by atoms with Crippen LogP contribution in [0.1, 0.15) is 5.56 Å². The van der Waals surface area contributed by atoms with Crippen molar-refractivity contribution in [3.63, 3.8) is 0 Å². The Bertz CT molecular complexity index is 815. The first-order valence-corrected chi connectivity index (χ1v) is 7.58. The van der Waals surface area contributed by atoms with Crippen molar-refractivity contribution < 1.29 is 9.53 Å². The monoisotopic (exact) mass is 313 g/mol. The SMILES string of the molecule is Cc1cc(NC(=O)COc2ccccc2)cc2sc(N)nc12. The van der Waals surface area contributed by atoms with Crippen LogP contribution in [0.25, 0.3) is 10.2 Å². The van der Waals surface area contributed by atoms with Gasteiger partial charge in [0.15, 0.2) is 11.7 Å². The molecule has 6 heteroatoms. The average molecular weight is 313 g/mol. The van der Waals surface area contributed by atoms with Crippen LogP contribution in [0.2, 0.25) is 0 Å². The molecule has 5 nitrogen and oxygen atoms in total. The Balaban J connectivity index is 1.68. The van der Waals surface area contributed by atoms with Gasteiger partial charge in [-0.3, -0.25) is 4.79 Å². The summed E-state index contributed by atoms with van der Waals surface area (Å²) < 4.78 is 6.38. The predicted molar refractivity (Wildman–Crippen MR) is 89.3 cm³/mol. The molecule has 3 rings (SSSR count). The van der Waals surface area contributed by atoms with Gasteiger partial charge in [-0.15, -0.1) is 0 Å². The van der Waals surface area contributed by atoms with E-state index >= 15 is 0 Å².